The van der Waals surface area contributed by atoms with Crippen molar-refractivity contribution in [2.45, 2.75) is 46.3 Å². The summed E-state index contributed by atoms with van der Waals surface area (Å²) in [6, 6.07) is 0. The first kappa shape index (κ1) is 14.3. The van der Waals surface area contributed by atoms with Crippen molar-refractivity contribution in [1.29, 1.82) is 0 Å². The summed E-state index contributed by atoms with van der Waals surface area (Å²) in [6.07, 6.45) is 6.21. The molecule has 0 aliphatic carbocycles. The Morgan fingerprint density at radius 3 is 2.81 bits per heavy atom. The average Bonchev–Trinajstić information content (AvgIpc) is 3.01. The zero-order chi connectivity index (χ0) is 15.0. The predicted molar refractivity (Wildman–Crippen MR) is 85.7 cm³/mol. The highest BCUT2D eigenvalue weighted by Gasteiger charge is 2.12. The van der Waals surface area contributed by atoms with Crippen LogP contribution in [0.15, 0.2) is 24.0 Å². The van der Waals surface area contributed by atoms with Gasteiger partial charge in [0.15, 0.2) is 4.96 Å². The second kappa shape index (κ2) is 5.27. The number of imidazole rings is 1. The molecule has 0 radical (unpaired) electrons. The van der Waals surface area contributed by atoms with Crippen LogP contribution in [0, 0.1) is 6.92 Å². The summed E-state index contributed by atoms with van der Waals surface area (Å²) < 4.78 is 4.03. The van der Waals surface area contributed by atoms with Crippen LogP contribution in [0.1, 0.15) is 37.7 Å². The third kappa shape index (κ3) is 3.33. The first-order valence-electron chi connectivity index (χ1n) is 7.10. The zero-order valence-electron chi connectivity index (χ0n) is 12.9. The molecule has 5 nitrogen and oxygen atoms in total. The molecule has 6 heteroatoms. The van der Waals surface area contributed by atoms with Gasteiger partial charge in [0.2, 0.25) is 0 Å². The Morgan fingerprint density at radius 2 is 2.10 bits per heavy atom. The normalized spacial score (nSPS) is 12.4. The van der Waals surface area contributed by atoms with Gasteiger partial charge >= 0.3 is 0 Å². The lowest BCUT2D eigenvalue weighted by atomic mass is 10.1. The molecule has 0 amide bonds. The number of nitrogens with one attached hydrogen (secondary N) is 1. The Labute approximate surface area is 128 Å². The number of aryl methyl sites for hydroxylation is 1. The van der Waals surface area contributed by atoms with Crippen LogP contribution >= 0.6 is 11.3 Å². The summed E-state index contributed by atoms with van der Waals surface area (Å²) in [5.41, 5.74) is 3.47. The van der Waals surface area contributed by atoms with E-state index in [4.69, 9.17) is 0 Å². The van der Waals surface area contributed by atoms with Gasteiger partial charge in [0, 0.05) is 41.6 Å². The van der Waals surface area contributed by atoms with E-state index < -0.39 is 0 Å². The van der Waals surface area contributed by atoms with Crippen molar-refractivity contribution >= 4 is 16.3 Å². The van der Waals surface area contributed by atoms with Gasteiger partial charge in [-0.3, -0.25) is 9.08 Å². The molecule has 0 bridgehead atoms. The van der Waals surface area contributed by atoms with E-state index in [1.807, 2.05) is 16.3 Å². The largest absolute Gasteiger partial charge is 0.308 e. The molecule has 0 atom stereocenters. The standard InChI is InChI=1S/C15H21N5S/c1-11-12(7-16-15(2,3)4)8-20(18-11)10-13-9-19-5-6-21-14(19)17-13/h5-6,8-9,16H,7,10H2,1-4H3. The lowest BCUT2D eigenvalue weighted by Crippen LogP contribution is -2.35. The SMILES string of the molecule is Cc1nn(Cc2cn3ccsc3n2)cc1CNC(C)(C)C. The molecule has 0 saturated heterocycles. The van der Waals surface area contributed by atoms with Gasteiger partial charge in [0.05, 0.1) is 17.9 Å². The molecule has 0 aliphatic heterocycles. The van der Waals surface area contributed by atoms with Crippen LogP contribution in [0.2, 0.25) is 0 Å². The van der Waals surface area contributed by atoms with Crippen LogP contribution in [0.25, 0.3) is 4.96 Å². The van der Waals surface area contributed by atoms with Crippen molar-refractivity contribution in [3.05, 3.63) is 40.9 Å². The van der Waals surface area contributed by atoms with E-state index in [0.717, 1.165) is 22.9 Å². The van der Waals surface area contributed by atoms with Crippen LogP contribution in [-0.2, 0) is 13.1 Å². The molecule has 0 aliphatic rings. The molecule has 0 aromatic carbocycles. The molecule has 0 spiro atoms. The van der Waals surface area contributed by atoms with Crippen molar-refractivity contribution in [2.24, 2.45) is 0 Å². The number of fused-ring (bicyclic) bond motifs is 1. The highest BCUT2D eigenvalue weighted by atomic mass is 32.1. The van der Waals surface area contributed by atoms with E-state index in [1.54, 1.807) is 11.3 Å². The molecule has 3 heterocycles. The molecular weight excluding hydrogens is 282 g/mol. The fourth-order valence-electron chi connectivity index (χ4n) is 2.19. The predicted octanol–water partition coefficient (Wildman–Crippen LogP) is 2.84. The highest BCUT2D eigenvalue weighted by molar-refractivity contribution is 7.15. The quantitative estimate of drug-likeness (QED) is 0.806. The lowest BCUT2D eigenvalue weighted by molar-refractivity contribution is 0.423. The minimum absolute atomic E-state index is 0.114. The first-order chi connectivity index (χ1) is 9.90. The average molecular weight is 303 g/mol. The minimum Gasteiger partial charge on any atom is -0.308 e. The molecular formula is C15H21N5S. The summed E-state index contributed by atoms with van der Waals surface area (Å²) in [6.45, 7) is 10.1. The van der Waals surface area contributed by atoms with E-state index in [9.17, 15) is 0 Å². The van der Waals surface area contributed by atoms with E-state index >= 15 is 0 Å². The summed E-state index contributed by atoms with van der Waals surface area (Å²) in [7, 11) is 0. The summed E-state index contributed by atoms with van der Waals surface area (Å²) >= 11 is 1.65. The van der Waals surface area contributed by atoms with Gasteiger partial charge in [-0.25, -0.2) is 4.98 Å². The zero-order valence-corrected chi connectivity index (χ0v) is 13.7. The highest BCUT2D eigenvalue weighted by Crippen LogP contribution is 2.13. The van der Waals surface area contributed by atoms with Crippen LogP contribution in [0.5, 0.6) is 0 Å². The van der Waals surface area contributed by atoms with E-state index in [0.29, 0.717) is 6.54 Å². The van der Waals surface area contributed by atoms with Gasteiger partial charge in [-0.05, 0) is 27.7 Å². The van der Waals surface area contributed by atoms with Crippen LogP contribution in [0.3, 0.4) is 0 Å². The van der Waals surface area contributed by atoms with Gasteiger partial charge in [-0.15, -0.1) is 11.3 Å². The van der Waals surface area contributed by atoms with Gasteiger partial charge in [0.25, 0.3) is 0 Å². The number of nitrogens with zero attached hydrogens (tertiary/aromatic N) is 4. The van der Waals surface area contributed by atoms with Crippen LogP contribution < -0.4 is 5.32 Å². The van der Waals surface area contributed by atoms with Crippen molar-refractivity contribution < 1.29 is 0 Å². The number of rotatable bonds is 4. The van der Waals surface area contributed by atoms with Crippen LogP contribution in [0.4, 0.5) is 0 Å². The Hall–Kier alpha value is -1.66. The number of thiazole rings is 1. The Bertz CT molecular complexity index is 715. The van der Waals surface area contributed by atoms with Crippen molar-refractivity contribution in [3.8, 4) is 0 Å². The Kier molecular flexibility index (Phi) is 3.59. The van der Waals surface area contributed by atoms with Crippen LogP contribution in [-0.4, -0.2) is 24.7 Å². The van der Waals surface area contributed by atoms with Gasteiger partial charge in [0.1, 0.15) is 0 Å². The number of hydrogen-bond acceptors (Lipinski definition) is 4. The molecule has 3 aromatic heterocycles. The summed E-state index contributed by atoms with van der Waals surface area (Å²) in [5, 5.41) is 10.1. The maximum Gasteiger partial charge on any atom is 0.193 e. The van der Waals surface area contributed by atoms with Crippen molar-refractivity contribution in [1.82, 2.24) is 24.5 Å². The monoisotopic (exact) mass is 303 g/mol. The minimum atomic E-state index is 0.114. The Morgan fingerprint density at radius 1 is 1.29 bits per heavy atom. The topological polar surface area (TPSA) is 47.2 Å². The van der Waals surface area contributed by atoms with Gasteiger partial charge in [-0.1, -0.05) is 0 Å². The Balaban J connectivity index is 1.72. The molecule has 21 heavy (non-hydrogen) atoms. The molecule has 3 rings (SSSR count). The molecule has 3 aromatic rings. The molecule has 112 valence electrons. The number of aromatic nitrogens is 4. The fourth-order valence-corrected chi connectivity index (χ4v) is 2.91. The van der Waals surface area contributed by atoms with E-state index in [-0.39, 0.29) is 5.54 Å². The molecule has 1 N–H and O–H groups in total. The van der Waals surface area contributed by atoms with E-state index in [2.05, 4.69) is 59.9 Å². The van der Waals surface area contributed by atoms with Gasteiger partial charge in [-0.2, -0.15) is 5.10 Å². The second-order valence-electron chi connectivity index (χ2n) is 6.37. The number of hydrogen-bond donors (Lipinski definition) is 1. The second-order valence-corrected chi connectivity index (χ2v) is 7.24. The lowest BCUT2D eigenvalue weighted by Gasteiger charge is -2.20. The maximum atomic E-state index is 4.60. The molecule has 0 fully saturated rings. The summed E-state index contributed by atoms with van der Waals surface area (Å²) in [4.78, 5) is 5.63. The molecule has 0 unspecified atom stereocenters. The third-order valence-electron chi connectivity index (χ3n) is 3.32. The van der Waals surface area contributed by atoms with Gasteiger partial charge < -0.3 is 5.32 Å². The third-order valence-corrected chi connectivity index (χ3v) is 4.10. The van der Waals surface area contributed by atoms with Crippen molar-refractivity contribution in [2.75, 3.05) is 0 Å². The fraction of sp³-hybridized carbons (Fsp3) is 0.467. The first-order valence-corrected chi connectivity index (χ1v) is 7.98. The van der Waals surface area contributed by atoms with E-state index in [1.165, 1.54) is 5.56 Å². The smallest absolute Gasteiger partial charge is 0.193 e. The summed E-state index contributed by atoms with van der Waals surface area (Å²) in [5.74, 6) is 0. The molecule has 0 saturated carbocycles. The maximum absolute atomic E-state index is 4.60. The van der Waals surface area contributed by atoms with Crippen molar-refractivity contribution in [3.63, 3.8) is 0 Å².